The van der Waals surface area contributed by atoms with E-state index in [4.69, 9.17) is 4.74 Å². The van der Waals surface area contributed by atoms with Crippen molar-refractivity contribution in [1.29, 1.82) is 0 Å². The fraction of sp³-hybridized carbons (Fsp3) is 0.400. The third-order valence-corrected chi connectivity index (χ3v) is 3.38. The van der Waals surface area contributed by atoms with Crippen molar-refractivity contribution in [2.24, 2.45) is 0 Å². The van der Waals surface area contributed by atoms with Crippen molar-refractivity contribution in [3.8, 4) is 5.75 Å². The summed E-state index contributed by atoms with van der Waals surface area (Å²) in [4.78, 5) is 7.34. The molecule has 0 radical (unpaired) electrons. The standard InChI is InChI=1S/C15H20FN3O/c1-4-14(15-17-7-8-18-15)19-10(2)12-6-5-11(20-3)9-13(12)16/h5-10,14,19H,4H2,1-3H3,(H,17,18). The Kier molecular flexibility index (Phi) is 4.74. The van der Waals surface area contributed by atoms with Crippen molar-refractivity contribution in [1.82, 2.24) is 15.3 Å². The van der Waals surface area contributed by atoms with Crippen LogP contribution in [0.5, 0.6) is 5.75 Å². The molecule has 1 heterocycles. The second kappa shape index (κ2) is 6.52. The van der Waals surface area contributed by atoms with Crippen LogP contribution in [0, 0.1) is 5.82 Å². The SMILES string of the molecule is CCC(NC(C)c1ccc(OC)cc1F)c1ncc[nH]1. The number of methoxy groups -OCH3 is 1. The van der Waals surface area contributed by atoms with Crippen molar-refractivity contribution in [3.05, 3.63) is 47.8 Å². The summed E-state index contributed by atoms with van der Waals surface area (Å²) in [7, 11) is 1.53. The van der Waals surface area contributed by atoms with Gasteiger partial charge < -0.3 is 15.0 Å². The van der Waals surface area contributed by atoms with E-state index in [1.165, 1.54) is 13.2 Å². The van der Waals surface area contributed by atoms with E-state index >= 15 is 0 Å². The van der Waals surface area contributed by atoms with Gasteiger partial charge in [0.15, 0.2) is 0 Å². The molecule has 0 amide bonds. The molecule has 0 aliphatic heterocycles. The Bertz CT molecular complexity index is 542. The number of H-pyrrole nitrogens is 1. The maximum atomic E-state index is 14.0. The Hall–Kier alpha value is -1.88. The third-order valence-electron chi connectivity index (χ3n) is 3.38. The molecule has 2 aromatic rings. The van der Waals surface area contributed by atoms with Gasteiger partial charge in [-0.05, 0) is 19.4 Å². The number of imidazole rings is 1. The Balaban J connectivity index is 2.13. The highest BCUT2D eigenvalue weighted by Gasteiger charge is 2.18. The number of benzene rings is 1. The summed E-state index contributed by atoms with van der Waals surface area (Å²) in [6.07, 6.45) is 4.38. The lowest BCUT2D eigenvalue weighted by Gasteiger charge is -2.21. The van der Waals surface area contributed by atoms with Gasteiger partial charge in [-0.3, -0.25) is 0 Å². The molecule has 0 aliphatic rings. The number of aromatic nitrogens is 2. The molecule has 1 aromatic heterocycles. The minimum absolute atomic E-state index is 0.0708. The minimum Gasteiger partial charge on any atom is -0.497 e. The Labute approximate surface area is 118 Å². The number of ether oxygens (including phenoxy) is 1. The first-order valence-corrected chi connectivity index (χ1v) is 6.74. The molecule has 2 rings (SSSR count). The Morgan fingerprint density at radius 1 is 1.45 bits per heavy atom. The number of hydrogen-bond donors (Lipinski definition) is 2. The van der Waals surface area contributed by atoms with Crippen molar-refractivity contribution >= 4 is 0 Å². The van der Waals surface area contributed by atoms with Crippen LogP contribution in [-0.2, 0) is 0 Å². The van der Waals surface area contributed by atoms with Gasteiger partial charge in [0, 0.05) is 30.1 Å². The van der Waals surface area contributed by atoms with Gasteiger partial charge in [0.05, 0.1) is 13.2 Å². The average Bonchev–Trinajstić information content (AvgIpc) is 2.98. The molecule has 108 valence electrons. The van der Waals surface area contributed by atoms with E-state index in [2.05, 4.69) is 22.2 Å². The lowest BCUT2D eigenvalue weighted by atomic mass is 10.1. The quantitative estimate of drug-likeness (QED) is 0.851. The molecule has 0 fully saturated rings. The first-order valence-electron chi connectivity index (χ1n) is 6.74. The maximum absolute atomic E-state index is 14.0. The highest BCUT2D eigenvalue weighted by atomic mass is 19.1. The molecule has 2 unspecified atom stereocenters. The van der Waals surface area contributed by atoms with Gasteiger partial charge in [-0.2, -0.15) is 0 Å². The van der Waals surface area contributed by atoms with Gasteiger partial charge in [-0.25, -0.2) is 9.37 Å². The van der Waals surface area contributed by atoms with E-state index in [0.29, 0.717) is 11.3 Å². The third kappa shape index (κ3) is 3.17. The predicted molar refractivity (Wildman–Crippen MR) is 76.1 cm³/mol. The summed E-state index contributed by atoms with van der Waals surface area (Å²) in [6.45, 7) is 4.01. The molecular formula is C15H20FN3O. The number of aromatic amines is 1. The molecule has 5 heteroatoms. The summed E-state index contributed by atoms with van der Waals surface area (Å²) in [6, 6.07) is 4.88. The van der Waals surface area contributed by atoms with Crippen molar-refractivity contribution in [2.75, 3.05) is 7.11 Å². The zero-order valence-electron chi connectivity index (χ0n) is 12.0. The van der Waals surface area contributed by atoms with E-state index in [0.717, 1.165) is 12.2 Å². The molecule has 2 N–H and O–H groups in total. The van der Waals surface area contributed by atoms with Gasteiger partial charge in [0.25, 0.3) is 0 Å². The van der Waals surface area contributed by atoms with Crippen LogP contribution in [0.1, 0.15) is 43.7 Å². The number of hydrogen-bond acceptors (Lipinski definition) is 3. The summed E-state index contributed by atoms with van der Waals surface area (Å²) in [5, 5.41) is 3.39. The molecule has 4 nitrogen and oxygen atoms in total. The average molecular weight is 277 g/mol. The lowest BCUT2D eigenvalue weighted by molar-refractivity contribution is 0.405. The number of nitrogens with one attached hydrogen (secondary N) is 2. The fourth-order valence-corrected chi connectivity index (χ4v) is 2.24. The van der Waals surface area contributed by atoms with Crippen LogP contribution < -0.4 is 10.1 Å². The van der Waals surface area contributed by atoms with Gasteiger partial charge in [-0.15, -0.1) is 0 Å². The van der Waals surface area contributed by atoms with Gasteiger partial charge in [0.1, 0.15) is 17.4 Å². The van der Waals surface area contributed by atoms with Crippen LogP contribution in [-0.4, -0.2) is 17.1 Å². The molecule has 0 saturated carbocycles. The van der Waals surface area contributed by atoms with Gasteiger partial charge in [0.2, 0.25) is 0 Å². The van der Waals surface area contributed by atoms with E-state index < -0.39 is 0 Å². The maximum Gasteiger partial charge on any atom is 0.131 e. The van der Waals surface area contributed by atoms with E-state index in [9.17, 15) is 4.39 Å². The Morgan fingerprint density at radius 2 is 2.25 bits per heavy atom. The molecule has 1 aromatic carbocycles. The normalized spacial score (nSPS) is 14.0. The minimum atomic E-state index is -0.265. The molecule has 20 heavy (non-hydrogen) atoms. The molecule has 0 bridgehead atoms. The second-order valence-corrected chi connectivity index (χ2v) is 4.71. The van der Waals surface area contributed by atoms with Crippen LogP contribution in [0.25, 0.3) is 0 Å². The number of halogens is 1. The zero-order valence-corrected chi connectivity index (χ0v) is 12.0. The molecular weight excluding hydrogens is 257 g/mol. The number of nitrogens with zero attached hydrogens (tertiary/aromatic N) is 1. The topological polar surface area (TPSA) is 49.9 Å². The summed E-state index contributed by atoms with van der Waals surface area (Å²) in [5.74, 6) is 1.13. The largest absolute Gasteiger partial charge is 0.497 e. The smallest absolute Gasteiger partial charge is 0.131 e. The van der Waals surface area contributed by atoms with E-state index in [1.807, 2.05) is 6.92 Å². The van der Waals surface area contributed by atoms with Crippen LogP contribution >= 0.6 is 0 Å². The van der Waals surface area contributed by atoms with E-state index in [1.54, 1.807) is 24.5 Å². The van der Waals surface area contributed by atoms with Gasteiger partial charge in [-0.1, -0.05) is 13.0 Å². The lowest BCUT2D eigenvalue weighted by Crippen LogP contribution is -2.25. The number of rotatable bonds is 6. The molecule has 0 saturated heterocycles. The summed E-state index contributed by atoms with van der Waals surface area (Å²) in [5.41, 5.74) is 0.621. The van der Waals surface area contributed by atoms with Crippen LogP contribution in [0.2, 0.25) is 0 Å². The second-order valence-electron chi connectivity index (χ2n) is 4.71. The van der Waals surface area contributed by atoms with Gasteiger partial charge >= 0.3 is 0 Å². The van der Waals surface area contributed by atoms with Crippen molar-refractivity contribution in [3.63, 3.8) is 0 Å². The summed E-state index contributed by atoms with van der Waals surface area (Å²) >= 11 is 0. The fourth-order valence-electron chi connectivity index (χ4n) is 2.24. The van der Waals surface area contributed by atoms with Crippen LogP contribution in [0.3, 0.4) is 0 Å². The highest BCUT2D eigenvalue weighted by molar-refractivity contribution is 5.30. The monoisotopic (exact) mass is 277 g/mol. The first-order chi connectivity index (χ1) is 9.65. The van der Waals surface area contributed by atoms with Crippen LogP contribution in [0.4, 0.5) is 4.39 Å². The Morgan fingerprint density at radius 3 is 2.80 bits per heavy atom. The first kappa shape index (κ1) is 14.5. The van der Waals surface area contributed by atoms with Crippen molar-refractivity contribution in [2.45, 2.75) is 32.4 Å². The summed E-state index contributed by atoms with van der Waals surface area (Å²) < 4.78 is 19.1. The zero-order chi connectivity index (χ0) is 14.5. The van der Waals surface area contributed by atoms with E-state index in [-0.39, 0.29) is 17.9 Å². The predicted octanol–water partition coefficient (Wildman–Crippen LogP) is 3.36. The highest BCUT2D eigenvalue weighted by Crippen LogP contribution is 2.24. The van der Waals surface area contributed by atoms with Crippen LogP contribution in [0.15, 0.2) is 30.6 Å². The molecule has 0 aliphatic carbocycles. The van der Waals surface area contributed by atoms with Crippen molar-refractivity contribution < 1.29 is 9.13 Å². The molecule has 2 atom stereocenters. The molecule has 0 spiro atoms.